The van der Waals surface area contributed by atoms with Gasteiger partial charge in [-0.15, -0.1) is 0 Å². The van der Waals surface area contributed by atoms with Crippen LogP contribution in [0.15, 0.2) is 18.2 Å². The first-order valence-corrected chi connectivity index (χ1v) is 10.0. The van der Waals surface area contributed by atoms with Crippen molar-refractivity contribution in [3.05, 3.63) is 35.1 Å². The highest BCUT2D eigenvalue weighted by atomic mass is 19.4. The van der Waals surface area contributed by atoms with Crippen LogP contribution >= 0.6 is 0 Å². The molecule has 0 spiro atoms. The lowest BCUT2D eigenvalue weighted by molar-refractivity contribution is -0.144. The van der Waals surface area contributed by atoms with Crippen molar-refractivity contribution in [1.82, 2.24) is 15.1 Å². The summed E-state index contributed by atoms with van der Waals surface area (Å²) in [6.07, 6.45) is -5.04. The molecular formula is C20H23F4N3O4. The molecule has 31 heavy (non-hydrogen) atoms. The van der Waals surface area contributed by atoms with Crippen LogP contribution in [0.25, 0.3) is 0 Å². The number of benzene rings is 1. The molecule has 3 atom stereocenters. The monoisotopic (exact) mass is 445 g/mol. The maximum absolute atomic E-state index is 13.9. The summed E-state index contributed by atoms with van der Waals surface area (Å²) in [7, 11) is 0. The van der Waals surface area contributed by atoms with E-state index in [0.717, 1.165) is 12.1 Å². The van der Waals surface area contributed by atoms with Crippen LogP contribution in [0.3, 0.4) is 0 Å². The Kier molecular flexibility index (Phi) is 5.82. The number of hydrogen-bond donors (Lipinski definition) is 1. The van der Waals surface area contributed by atoms with Gasteiger partial charge < -0.3 is 24.6 Å². The van der Waals surface area contributed by atoms with Gasteiger partial charge in [-0.3, -0.25) is 4.79 Å². The summed E-state index contributed by atoms with van der Waals surface area (Å²) in [5.74, 6) is -1.11. The predicted molar refractivity (Wildman–Crippen MR) is 99.4 cm³/mol. The highest BCUT2D eigenvalue weighted by molar-refractivity contribution is 5.79. The van der Waals surface area contributed by atoms with Gasteiger partial charge in [0.15, 0.2) is 0 Å². The Balaban J connectivity index is 1.26. The number of fused-ring (bicyclic) bond motifs is 1. The highest BCUT2D eigenvalue weighted by Gasteiger charge is 2.43. The van der Waals surface area contributed by atoms with E-state index in [0.29, 0.717) is 32.2 Å². The molecule has 1 aromatic rings. The van der Waals surface area contributed by atoms with Crippen LogP contribution in [0.5, 0.6) is 0 Å². The van der Waals surface area contributed by atoms with Gasteiger partial charge in [0, 0.05) is 24.6 Å². The fourth-order valence-electron chi connectivity index (χ4n) is 4.20. The van der Waals surface area contributed by atoms with Crippen LogP contribution in [0.4, 0.5) is 22.4 Å². The third-order valence-electron chi connectivity index (χ3n) is 5.88. The van der Waals surface area contributed by atoms with Crippen molar-refractivity contribution >= 4 is 11.9 Å². The molecule has 0 unspecified atom stereocenters. The molecule has 0 aliphatic carbocycles. The number of alkyl halides is 3. The van der Waals surface area contributed by atoms with Crippen LogP contribution in [0.2, 0.25) is 0 Å². The van der Waals surface area contributed by atoms with E-state index >= 15 is 0 Å². The predicted octanol–water partition coefficient (Wildman–Crippen LogP) is 2.00. The molecule has 170 valence electrons. The molecule has 0 bridgehead atoms. The number of hydrogen-bond acceptors (Lipinski definition) is 4. The lowest BCUT2D eigenvalue weighted by atomic mass is 9.91. The van der Waals surface area contributed by atoms with E-state index in [4.69, 9.17) is 9.47 Å². The quantitative estimate of drug-likeness (QED) is 0.723. The number of rotatable bonds is 3. The van der Waals surface area contributed by atoms with E-state index < -0.39 is 17.6 Å². The highest BCUT2D eigenvalue weighted by Crippen LogP contribution is 2.31. The second-order valence-electron chi connectivity index (χ2n) is 8.26. The summed E-state index contributed by atoms with van der Waals surface area (Å²) in [6.45, 7) is 3.31. The number of likely N-dealkylation sites (tertiary alicyclic amines) is 2. The van der Waals surface area contributed by atoms with Gasteiger partial charge in [0.1, 0.15) is 12.4 Å². The zero-order valence-electron chi connectivity index (χ0n) is 16.8. The molecule has 0 radical (unpaired) electrons. The number of urea groups is 1. The molecule has 1 aromatic carbocycles. The van der Waals surface area contributed by atoms with E-state index in [1.165, 1.54) is 0 Å². The molecule has 3 fully saturated rings. The van der Waals surface area contributed by atoms with Gasteiger partial charge in [-0.1, -0.05) is 13.0 Å². The molecule has 11 heteroatoms. The Morgan fingerprint density at radius 1 is 1.23 bits per heavy atom. The first-order chi connectivity index (χ1) is 14.6. The molecule has 3 aliphatic rings. The maximum Gasteiger partial charge on any atom is 0.416 e. The Hall–Kier alpha value is -2.40. The Morgan fingerprint density at radius 3 is 2.61 bits per heavy atom. The van der Waals surface area contributed by atoms with Gasteiger partial charge in [-0.2, -0.15) is 13.2 Å². The second kappa shape index (κ2) is 8.27. The lowest BCUT2D eigenvalue weighted by Gasteiger charge is -2.48. The summed E-state index contributed by atoms with van der Waals surface area (Å²) in [5.41, 5.74) is -1.02. The molecule has 3 amide bonds. The van der Waals surface area contributed by atoms with Crippen molar-refractivity contribution in [2.75, 3.05) is 32.8 Å². The normalized spacial score (nSPS) is 26.9. The van der Waals surface area contributed by atoms with Gasteiger partial charge in [0.05, 0.1) is 43.5 Å². The molecule has 3 aliphatic heterocycles. The van der Waals surface area contributed by atoms with Crippen LogP contribution < -0.4 is 5.32 Å². The first-order valence-electron chi connectivity index (χ1n) is 10.0. The molecule has 4 rings (SSSR count). The fourth-order valence-corrected chi connectivity index (χ4v) is 4.20. The number of ether oxygens (including phenoxy) is 2. The minimum atomic E-state index is -4.60. The van der Waals surface area contributed by atoms with Crippen LogP contribution in [0.1, 0.15) is 18.1 Å². The van der Waals surface area contributed by atoms with E-state index in [1.54, 1.807) is 9.80 Å². The van der Waals surface area contributed by atoms with E-state index in [2.05, 4.69) is 5.32 Å². The molecule has 7 nitrogen and oxygen atoms in total. The van der Waals surface area contributed by atoms with E-state index in [-0.39, 0.29) is 54.9 Å². The Labute approximate surface area is 176 Å². The van der Waals surface area contributed by atoms with Gasteiger partial charge in [-0.25, -0.2) is 9.18 Å². The van der Waals surface area contributed by atoms with Crippen molar-refractivity contribution < 1.29 is 36.6 Å². The standard InChI is InChI=1S/C20H23F4N3O4/c1-11-5-26(8-16-18(11)31-10-17(28)25-16)19(29)27-6-14(7-27)30-9-12-2-3-13(4-15(12)21)20(22,23)24/h2-4,11,14,16,18H,5-10H2,1H3,(H,25,28)/t11-,16+,18-/m0/s1. The van der Waals surface area contributed by atoms with Crippen molar-refractivity contribution in [3.8, 4) is 0 Å². The molecule has 0 saturated carbocycles. The lowest BCUT2D eigenvalue weighted by Crippen LogP contribution is -2.67. The summed E-state index contributed by atoms with van der Waals surface area (Å²) in [4.78, 5) is 27.6. The number of morpholine rings is 1. The molecule has 0 aromatic heterocycles. The SMILES string of the molecule is C[C@H]1CN(C(=O)N2CC(OCc3ccc(C(F)(F)F)cc3F)C2)C[C@H]2NC(=O)CO[C@@H]12. The Bertz CT molecular complexity index is 859. The van der Waals surface area contributed by atoms with Gasteiger partial charge >= 0.3 is 12.2 Å². The summed E-state index contributed by atoms with van der Waals surface area (Å²) >= 11 is 0. The topological polar surface area (TPSA) is 71.1 Å². The van der Waals surface area contributed by atoms with Crippen LogP contribution in [-0.4, -0.2) is 72.8 Å². The first kappa shape index (κ1) is 21.8. The summed E-state index contributed by atoms with van der Waals surface area (Å²) < 4.78 is 62.9. The zero-order chi connectivity index (χ0) is 22.3. The van der Waals surface area contributed by atoms with Crippen molar-refractivity contribution in [3.63, 3.8) is 0 Å². The van der Waals surface area contributed by atoms with Gasteiger partial charge in [0.25, 0.3) is 0 Å². The van der Waals surface area contributed by atoms with Gasteiger partial charge in [-0.05, 0) is 12.1 Å². The molecule has 3 saturated heterocycles. The van der Waals surface area contributed by atoms with Crippen LogP contribution in [0, 0.1) is 11.7 Å². The zero-order valence-corrected chi connectivity index (χ0v) is 16.8. The number of carbonyl (C=O) groups excluding carboxylic acids is 2. The van der Waals surface area contributed by atoms with Crippen molar-refractivity contribution in [2.45, 2.75) is 38.0 Å². The minimum Gasteiger partial charge on any atom is -0.370 e. The van der Waals surface area contributed by atoms with Gasteiger partial charge in [0.2, 0.25) is 5.91 Å². The van der Waals surface area contributed by atoms with Crippen LogP contribution in [-0.2, 0) is 27.1 Å². The minimum absolute atomic E-state index is 0.0294. The number of amides is 3. The number of carbonyl (C=O) groups is 2. The fraction of sp³-hybridized carbons (Fsp3) is 0.600. The average molecular weight is 445 g/mol. The van der Waals surface area contributed by atoms with Crippen molar-refractivity contribution in [2.24, 2.45) is 5.92 Å². The van der Waals surface area contributed by atoms with Crippen molar-refractivity contribution in [1.29, 1.82) is 0 Å². The third kappa shape index (κ3) is 4.62. The number of piperidine rings is 1. The molecular weight excluding hydrogens is 422 g/mol. The van der Waals surface area contributed by atoms with E-state index in [9.17, 15) is 27.2 Å². The van der Waals surface area contributed by atoms with E-state index in [1.807, 2.05) is 6.92 Å². The molecule has 1 N–H and O–H groups in total. The average Bonchev–Trinajstić information content (AvgIpc) is 2.66. The smallest absolute Gasteiger partial charge is 0.370 e. The second-order valence-corrected chi connectivity index (χ2v) is 8.26. The summed E-state index contributed by atoms with van der Waals surface area (Å²) in [5, 5.41) is 2.87. The number of nitrogens with one attached hydrogen (secondary N) is 1. The summed E-state index contributed by atoms with van der Waals surface area (Å²) in [6, 6.07) is 1.91. The Morgan fingerprint density at radius 2 is 1.94 bits per heavy atom. The largest absolute Gasteiger partial charge is 0.416 e. The third-order valence-corrected chi connectivity index (χ3v) is 5.88. The maximum atomic E-state index is 13.9. The number of nitrogens with zero attached hydrogens (tertiary/aromatic N) is 2. The number of halogens is 4. The molecule has 3 heterocycles.